The number of aryl methyl sites for hydroxylation is 1. The second kappa shape index (κ2) is 8.97. The van der Waals surface area contributed by atoms with Crippen molar-refractivity contribution in [1.29, 1.82) is 0 Å². The summed E-state index contributed by atoms with van der Waals surface area (Å²) in [7, 11) is 1.62. The van der Waals surface area contributed by atoms with Gasteiger partial charge in [0.05, 0.1) is 26.5 Å². The molecule has 0 spiro atoms. The molecule has 0 aliphatic carbocycles. The normalized spacial score (nSPS) is 19.8. The van der Waals surface area contributed by atoms with E-state index in [4.69, 9.17) is 4.74 Å². The van der Waals surface area contributed by atoms with Crippen molar-refractivity contribution < 1.29 is 19.4 Å². The van der Waals surface area contributed by atoms with E-state index in [1.807, 2.05) is 42.5 Å². The molecule has 0 saturated heterocycles. The molecule has 2 atom stereocenters. The van der Waals surface area contributed by atoms with Crippen LogP contribution in [0, 0.1) is 6.92 Å². The molecule has 1 aliphatic heterocycles. The number of carboxylic acids is 1. The number of hydrogen-bond acceptors (Lipinski definition) is 3. The first-order chi connectivity index (χ1) is 15.5. The fraction of sp³-hybridized carbons (Fsp3) is 0.259. The number of carboxylic acid groups (broad SMARTS) is 1. The zero-order valence-electron chi connectivity index (χ0n) is 18.5. The van der Waals surface area contributed by atoms with E-state index in [1.165, 1.54) is 5.56 Å². The molecule has 5 nitrogen and oxygen atoms in total. The van der Waals surface area contributed by atoms with Gasteiger partial charge >= 0.3 is 11.9 Å². The summed E-state index contributed by atoms with van der Waals surface area (Å²) in [6.45, 7) is 2.63. The number of carbonyl (C=O) groups excluding carboxylic acids is 1. The van der Waals surface area contributed by atoms with Gasteiger partial charge < -0.3 is 9.84 Å². The highest BCUT2D eigenvalue weighted by molar-refractivity contribution is 5.92. The number of fused-ring (bicyclic) bond motifs is 1. The number of aliphatic carboxylic acids is 1. The molecule has 5 heteroatoms. The molecule has 0 aromatic heterocycles. The minimum atomic E-state index is -0.962. The first-order valence-corrected chi connectivity index (χ1v) is 10.9. The fourth-order valence-corrected chi connectivity index (χ4v) is 4.88. The fourth-order valence-electron chi connectivity index (χ4n) is 4.88. The largest absolute Gasteiger partial charge is 0.497 e. The van der Waals surface area contributed by atoms with Crippen molar-refractivity contribution in [2.45, 2.75) is 32.2 Å². The van der Waals surface area contributed by atoms with Crippen molar-refractivity contribution in [3.8, 4) is 5.75 Å². The summed E-state index contributed by atoms with van der Waals surface area (Å²) in [6.07, 6.45) is 0.535. The van der Waals surface area contributed by atoms with Crippen LogP contribution in [0.15, 0.2) is 72.8 Å². The summed E-state index contributed by atoms with van der Waals surface area (Å²) in [5, 5.41) is 9.28. The molecule has 3 aromatic rings. The number of carbonyl (C=O) groups is 2. The first-order valence-electron chi connectivity index (χ1n) is 10.9. The smallest absolute Gasteiger partial charge is 0.320 e. The van der Waals surface area contributed by atoms with E-state index in [2.05, 4.69) is 37.3 Å². The third-order valence-corrected chi connectivity index (χ3v) is 6.42. The third-order valence-electron chi connectivity index (χ3n) is 6.42. The number of nitrogens with zero attached hydrogens (tertiary/aromatic N) is 1. The summed E-state index contributed by atoms with van der Waals surface area (Å²) >= 11 is 0. The van der Waals surface area contributed by atoms with Gasteiger partial charge in [-0.3, -0.25) is 4.79 Å². The molecule has 1 amide bonds. The molecular weight excluding hydrogens is 402 g/mol. The average Bonchev–Trinajstić information content (AvgIpc) is 2.82. The van der Waals surface area contributed by atoms with Gasteiger partial charge in [0.2, 0.25) is 0 Å². The number of benzene rings is 3. The van der Waals surface area contributed by atoms with Crippen molar-refractivity contribution in [3.63, 3.8) is 0 Å². The minimum absolute atomic E-state index is 0.0220. The maximum Gasteiger partial charge on any atom is 0.320 e. The summed E-state index contributed by atoms with van der Waals surface area (Å²) in [5.41, 5.74) is 5.39. The van der Waals surface area contributed by atoms with Crippen molar-refractivity contribution in [1.82, 2.24) is 4.48 Å². The van der Waals surface area contributed by atoms with Crippen LogP contribution in [0.5, 0.6) is 5.75 Å². The molecule has 1 aliphatic rings. The predicted octanol–water partition coefficient (Wildman–Crippen LogP) is 5.05. The van der Waals surface area contributed by atoms with Crippen molar-refractivity contribution >= 4 is 17.6 Å². The van der Waals surface area contributed by atoms with Gasteiger partial charge in [-0.1, -0.05) is 48.0 Å². The van der Waals surface area contributed by atoms with Crippen LogP contribution in [0.2, 0.25) is 0 Å². The van der Waals surface area contributed by atoms with E-state index in [9.17, 15) is 14.7 Å². The lowest BCUT2D eigenvalue weighted by Gasteiger charge is -2.46. The molecule has 0 radical (unpaired) electrons. The highest BCUT2D eigenvalue weighted by atomic mass is 16.5. The average molecular weight is 431 g/mol. The summed E-state index contributed by atoms with van der Waals surface area (Å²) in [6, 6.07) is 23.9. The van der Waals surface area contributed by atoms with Gasteiger partial charge in [0.15, 0.2) is 6.04 Å². The van der Waals surface area contributed by atoms with Gasteiger partial charge in [-0.2, -0.15) is 0 Å². The zero-order valence-corrected chi connectivity index (χ0v) is 18.5. The molecule has 164 valence electrons. The second-order valence-electron chi connectivity index (χ2n) is 8.34. The van der Waals surface area contributed by atoms with Gasteiger partial charge in [0, 0.05) is 29.7 Å². The third kappa shape index (κ3) is 3.92. The molecule has 0 saturated carbocycles. The van der Waals surface area contributed by atoms with Crippen molar-refractivity contribution in [3.05, 3.63) is 95.1 Å². The predicted molar refractivity (Wildman–Crippen MR) is 125 cm³/mol. The van der Waals surface area contributed by atoms with Crippen LogP contribution in [0.1, 0.15) is 41.1 Å². The SMILES string of the molecule is COc1ccc([N+]2(C(=O)CCC(=O)O)CCc3ccc(C)cc3C2c2ccccc2)cc1. The number of hydrogen-bond donors (Lipinski definition) is 1. The zero-order chi connectivity index (χ0) is 22.7. The second-order valence-corrected chi connectivity index (χ2v) is 8.34. The number of rotatable bonds is 6. The summed E-state index contributed by atoms with van der Waals surface area (Å²) in [5.74, 6) is -0.330. The lowest BCUT2D eigenvalue weighted by Crippen LogP contribution is -2.60. The highest BCUT2D eigenvalue weighted by Gasteiger charge is 2.50. The molecule has 32 heavy (non-hydrogen) atoms. The molecular formula is C27H28NO4+. The van der Waals surface area contributed by atoms with Crippen LogP contribution in [0.25, 0.3) is 0 Å². The summed E-state index contributed by atoms with van der Waals surface area (Å²) < 4.78 is 5.41. The Morgan fingerprint density at radius 1 is 1.00 bits per heavy atom. The van der Waals surface area contributed by atoms with Gasteiger partial charge in [-0.15, -0.1) is 0 Å². The summed E-state index contributed by atoms with van der Waals surface area (Å²) in [4.78, 5) is 25.3. The van der Waals surface area contributed by atoms with Crippen LogP contribution in [-0.2, 0) is 16.0 Å². The monoisotopic (exact) mass is 430 g/mol. The lowest BCUT2D eigenvalue weighted by atomic mass is 9.83. The Balaban J connectivity index is 1.96. The van der Waals surface area contributed by atoms with Crippen LogP contribution < -0.4 is 9.22 Å². The molecule has 2 unspecified atom stereocenters. The quantitative estimate of drug-likeness (QED) is 0.556. The Morgan fingerprint density at radius 2 is 1.72 bits per heavy atom. The van der Waals surface area contributed by atoms with E-state index < -0.39 is 5.97 Å². The van der Waals surface area contributed by atoms with Crippen LogP contribution >= 0.6 is 0 Å². The topological polar surface area (TPSA) is 63.6 Å². The molecule has 1 N–H and O–H groups in total. The molecule has 0 fully saturated rings. The van der Waals surface area contributed by atoms with Crippen LogP contribution in [-0.4, -0.2) is 30.6 Å². The van der Waals surface area contributed by atoms with Crippen molar-refractivity contribution in [2.75, 3.05) is 13.7 Å². The first kappa shape index (κ1) is 21.8. The van der Waals surface area contributed by atoms with E-state index in [1.54, 1.807) is 7.11 Å². The Hall–Kier alpha value is -3.44. The van der Waals surface area contributed by atoms with Gasteiger partial charge in [0.25, 0.3) is 0 Å². The Bertz CT molecular complexity index is 1120. The number of amides is 1. The maximum absolute atomic E-state index is 13.9. The number of quaternary nitrogens is 1. The van der Waals surface area contributed by atoms with Crippen LogP contribution in [0.4, 0.5) is 5.69 Å². The highest BCUT2D eigenvalue weighted by Crippen LogP contribution is 2.46. The minimum Gasteiger partial charge on any atom is -0.497 e. The lowest BCUT2D eigenvalue weighted by molar-refractivity contribution is -0.141. The van der Waals surface area contributed by atoms with Crippen LogP contribution in [0.3, 0.4) is 0 Å². The van der Waals surface area contributed by atoms with E-state index in [0.29, 0.717) is 6.54 Å². The van der Waals surface area contributed by atoms with Gasteiger partial charge in [0.1, 0.15) is 11.4 Å². The Labute approximate surface area is 188 Å². The molecule has 3 aromatic carbocycles. The number of ether oxygens (including phenoxy) is 1. The Kier molecular flexibility index (Phi) is 6.10. The molecule has 1 heterocycles. The maximum atomic E-state index is 13.9. The van der Waals surface area contributed by atoms with E-state index >= 15 is 0 Å². The standard InChI is InChI=1S/C27H27NO4/c1-19-8-9-20-16-17-28(25(29)14-15-26(30)31,22-10-12-23(32-2)13-11-22)27(24(20)18-19)21-6-4-3-5-7-21/h3-13,18,27H,14-17H2,1-2H3/p+1. The van der Waals surface area contributed by atoms with E-state index in [-0.39, 0.29) is 29.3 Å². The van der Waals surface area contributed by atoms with E-state index in [0.717, 1.165) is 34.5 Å². The van der Waals surface area contributed by atoms with Gasteiger partial charge in [-0.05, 0) is 30.7 Å². The molecule has 0 bridgehead atoms. The van der Waals surface area contributed by atoms with Gasteiger partial charge in [-0.25, -0.2) is 9.28 Å². The van der Waals surface area contributed by atoms with Crippen molar-refractivity contribution in [2.24, 2.45) is 0 Å². The Morgan fingerprint density at radius 3 is 2.38 bits per heavy atom. The number of methoxy groups -OCH3 is 1. The molecule has 4 rings (SSSR count).